The highest BCUT2D eigenvalue weighted by Gasteiger charge is 2.29. The molecular weight excluding hydrogens is 358 g/mol. The van der Waals surface area contributed by atoms with E-state index in [0.717, 1.165) is 31.5 Å². The van der Waals surface area contributed by atoms with Crippen molar-refractivity contribution < 1.29 is 14.3 Å². The number of hydrogen-bond acceptors (Lipinski definition) is 6. The van der Waals surface area contributed by atoms with E-state index in [0.29, 0.717) is 50.5 Å². The minimum atomic E-state index is -0.279. The van der Waals surface area contributed by atoms with E-state index in [1.807, 2.05) is 16.7 Å². The standard InChI is InChI=1S/C20H31N5O3/c1-4-16-8-6-7-9-25(16)18(26)17-14-15(3)21-19(22-17)23-10-12-24(13-11-23)20(27)28-5-2/h14,16H,4-13H2,1-3H3. The third kappa shape index (κ3) is 4.54. The number of amides is 2. The highest BCUT2D eigenvalue weighted by molar-refractivity contribution is 5.93. The number of piperazine rings is 1. The lowest BCUT2D eigenvalue weighted by Crippen LogP contribution is -2.49. The Morgan fingerprint density at radius 1 is 1.11 bits per heavy atom. The molecular formula is C20H31N5O3. The Balaban J connectivity index is 1.71. The summed E-state index contributed by atoms with van der Waals surface area (Å²) in [6.45, 7) is 9.37. The zero-order valence-electron chi connectivity index (χ0n) is 17.2. The largest absolute Gasteiger partial charge is 0.450 e. The van der Waals surface area contributed by atoms with E-state index in [1.165, 1.54) is 6.42 Å². The van der Waals surface area contributed by atoms with Crippen molar-refractivity contribution >= 4 is 17.9 Å². The summed E-state index contributed by atoms with van der Waals surface area (Å²) in [5, 5.41) is 0. The number of aryl methyl sites for hydroxylation is 1. The van der Waals surface area contributed by atoms with E-state index in [2.05, 4.69) is 16.9 Å². The molecule has 2 fully saturated rings. The molecule has 8 heteroatoms. The molecule has 0 bridgehead atoms. The van der Waals surface area contributed by atoms with E-state index >= 15 is 0 Å². The minimum Gasteiger partial charge on any atom is -0.450 e. The average Bonchev–Trinajstić information content (AvgIpc) is 2.73. The highest BCUT2D eigenvalue weighted by atomic mass is 16.6. The number of carbonyl (C=O) groups is 2. The van der Waals surface area contributed by atoms with Crippen LogP contribution in [0.5, 0.6) is 0 Å². The molecule has 8 nitrogen and oxygen atoms in total. The molecule has 0 saturated carbocycles. The van der Waals surface area contributed by atoms with Gasteiger partial charge >= 0.3 is 6.09 Å². The van der Waals surface area contributed by atoms with Gasteiger partial charge in [0.05, 0.1) is 6.61 Å². The van der Waals surface area contributed by atoms with E-state index in [1.54, 1.807) is 17.9 Å². The number of rotatable bonds is 4. The lowest BCUT2D eigenvalue weighted by atomic mass is 9.99. The Labute approximate surface area is 166 Å². The van der Waals surface area contributed by atoms with E-state index in [9.17, 15) is 9.59 Å². The Bertz CT molecular complexity index is 703. The summed E-state index contributed by atoms with van der Waals surface area (Å²) in [6.07, 6.45) is 3.99. The molecule has 28 heavy (non-hydrogen) atoms. The first-order valence-corrected chi connectivity index (χ1v) is 10.4. The molecule has 2 saturated heterocycles. The lowest BCUT2D eigenvalue weighted by molar-refractivity contribution is 0.0601. The lowest BCUT2D eigenvalue weighted by Gasteiger charge is -2.36. The van der Waals surface area contributed by atoms with Gasteiger partial charge in [-0.05, 0) is 45.6 Å². The van der Waals surface area contributed by atoms with Gasteiger partial charge in [0.25, 0.3) is 5.91 Å². The number of hydrogen-bond donors (Lipinski definition) is 0. The van der Waals surface area contributed by atoms with Gasteiger partial charge in [-0.25, -0.2) is 14.8 Å². The van der Waals surface area contributed by atoms with Gasteiger partial charge in [-0.3, -0.25) is 4.79 Å². The first kappa shape index (κ1) is 20.4. The predicted molar refractivity (Wildman–Crippen MR) is 107 cm³/mol. The van der Waals surface area contributed by atoms with E-state index < -0.39 is 0 Å². The topological polar surface area (TPSA) is 78.9 Å². The predicted octanol–water partition coefficient (Wildman–Crippen LogP) is 2.47. The zero-order valence-corrected chi connectivity index (χ0v) is 17.2. The van der Waals surface area contributed by atoms with Crippen LogP contribution in [0.3, 0.4) is 0 Å². The smallest absolute Gasteiger partial charge is 0.409 e. The highest BCUT2D eigenvalue weighted by Crippen LogP contribution is 2.22. The third-order valence-electron chi connectivity index (χ3n) is 5.51. The van der Waals surface area contributed by atoms with Crippen LogP contribution in [-0.2, 0) is 4.74 Å². The number of carbonyl (C=O) groups excluding carboxylic acids is 2. The maximum absolute atomic E-state index is 13.1. The van der Waals surface area contributed by atoms with Crippen molar-refractivity contribution in [2.45, 2.75) is 52.5 Å². The van der Waals surface area contributed by atoms with Gasteiger partial charge in [0.1, 0.15) is 5.69 Å². The van der Waals surface area contributed by atoms with Crippen molar-refractivity contribution in [2.75, 3.05) is 44.2 Å². The molecule has 3 heterocycles. The van der Waals surface area contributed by atoms with Crippen LogP contribution >= 0.6 is 0 Å². The van der Waals surface area contributed by atoms with Crippen molar-refractivity contribution in [1.29, 1.82) is 0 Å². The second-order valence-electron chi connectivity index (χ2n) is 7.42. The second-order valence-corrected chi connectivity index (χ2v) is 7.42. The van der Waals surface area contributed by atoms with Crippen molar-refractivity contribution in [1.82, 2.24) is 19.8 Å². The summed E-state index contributed by atoms with van der Waals surface area (Å²) < 4.78 is 5.07. The van der Waals surface area contributed by atoms with Crippen molar-refractivity contribution in [3.63, 3.8) is 0 Å². The molecule has 0 aliphatic carbocycles. The number of ether oxygens (including phenoxy) is 1. The molecule has 3 rings (SSSR count). The first-order valence-electron chi connectivity index (χ1n) is 10.4. The fourth-order valence-electron chi connectivity index (χ4n) is 3.95. The number of piperidine rings is 1. The number of anilines is 1. The van der Waals surface area contributed by atoms with Crippen LogP contribution < -0.4 is 4.90 Å². The Morgan fingerprint density at radius 3 is 2.54 bits per heavy atom. The van der Waals surface area contributed by atoms with Crippen LogP contribution in [0.25, 0.3) is 0 Å². The molecule has 1 atom stereocenters. The molecule has 2 amide bonds. The van der Waals surface area contributed by atoms with E-state index in [-0.39, 0.29) is 12.0 Å². The molecule has 0 spiro atoms. The quantitative estimate of drug-likeness (QED) is 0.787. The van der Waals surface area contributed by atoms with Crippen molar-refractivity contribution in [3.05, 3.63) is 17.5 Å². The van der Waals surface area contributed by atoms with Gasteiger partial charge in [-0.1, -0.05) is 6.92 Å². The fraction of sp³-hybridized carbons (Fsp3) is 0.700. The SMILES string of the molecule is CCOC(=O)N1CCN(c2nc(C)cc(C(=O)N3CCCCC3CC)n2)CC1. The molecule has 0 radical (unpaired) electrons. The molecule has 154 valence electrons. The average molecular weight is 390 g/mol. The van der Waals surface area contributed by atoms with Crippen LogP contribution in [0.4, 0.5) is 10.7 Å². The Hall–Kier alpha value is -2.38. The van der Waals surface area contributed by atoms with Gasteiger partial charge in [0.15, 0.2) is 0 Å². The molecule has 1 aromatic rings. The number of nitrogens with zero attached hydrogens (tertiary/aromatic N) is 5. The monoisotopic (exact) mass is 389 g/mol. The van der Waals surface area contributed by atoms with Crippen LogP contribution in [-0.4, -0.2) is 77.1 Å². The maximum Gasteiger partial charge on any atom is 0.409 e. The van der Waals surface area contributed by atoms with Crippen LogP contribution in [0.15, 0.2) is 6.07 Å². The third-order valence-corrected chi connectivity index (χ3v) is 5.51. The minimum absolute atomic E-state index is 0.00320. The summed E-state index contributed by atoms with van der Waals surface area (Å²) in [6, 6.07) is 2.08. The van der Waals surface area contributed by atoms with Gasteiger partial charge < -0.3 is 19.4 Å². The van der Waals surface area contributed by atoms with Crippen molar-refractivity contribution in [2.24, 2.45) is 0 Å². The molecule has 1 unspecified atom stereocenters. The second kappa shape index (κ2) is 9.21. The van der Waals surface area contributed by atoms with Crippen molar-refractivity contribution in [3.8, 4) is 0 Å². The normalized spacial score (nSPS) is 20.2. The Morgan fingerprint density at radius 2 is 1.86 bits per heavy atom. The zero-order chi connectivity index (χ0) is 20.1. The number of likely N-dealkylation sites (tertiary alicyclic amines) is 1. The van der Waals surface area contributed by atoms with Crippen LogP contribution in [0.1, 0.15) is 55.7 Å². The van der Waals surface area contributed by atoms with Crippen LogP contribution in [0, 0.1) is 6.92 Å². The summed E-state index contributed by atoms with van der Waals surface area (Å²) in [4.78, 5) is 39.8. The van der Waals surface area contributed by atoms with E-state index in [4.69, 9.17) is 4.74 Å². The summed E-state index contributed by atoms with van der Waals surface area (Å²) in [7, 11) is 0. The summed E-state index contributed by atoms with van der Waals surface area (Å²) in [5.41, 5.74) is 1.25. The van der Waals surface area contributed by atoms with Crippen LogP contribution in [0.2, 0.25) is 0 Å². The molecule has 0 aromatic carbocycles. The van der Waals surface area contributed by atoms with Gasteiger partial charge in [-0.15, -0.1) is 0 Å². The first-order chi connectivity index (χ1) is 13.5. The number of aromatic nitrogens is 2. The molecule has 2 aliphatic rings. The fourth-order valence-corrected chi connectivity index (χ4v) is 3.95. The maximum atomic E-state index is 13.1. The Kier molecular flexibility index (Phi) is 6.70. The molecule has 1 aromatic heterocycles. The summed E-state index contributed by atoms with van der Waals surface area (Å²) >= 11 is 0. The molecule has 0 N–H and O–H groups in total. The van der Waals surface area contributed by atoms with Gasteiger partial charge in [-0.2, -0.15) is 0 Å². The van der Waals surface area contributed by atoms with Gasteiger partial charge in [0.2, 0.25) is 5.95 Å². The molecule has 2 aliphatic heterocycles. The summed E-state index contributed by atoms with van der Waals surface area (Å²) in [5.74, 6) is 0.570. The van der Waals surface area contributed by atoms with Gasteiger partial charge in [0, 0.05) is 44.5 Å².